The van der Waals surface area contributed by atoms with Gasteiger partial charge in [-0.2, -0.15) is 4.68 Å². The number of hydrogen-bond donors (Lipinski definition) is 0. The van der Waals surface area contributed by atoms with Gasteiger partial charge < -0.3 is 4.90 Å². The molecule has 0 spiro atoms. The molecule has 5 nitrogen and oxygen atoms in total. The molecule has 1 aromatic heterocycles. The first-order valence-corrected chi connectivity index (χ1v) is 6.39. The quantitative estimate of drug-likeness (QED) is 0.616. The number of amides is 1. The zero-order valence-corrected chi connectivity index (χ0v) is 11.6. The van der Waals surface area contributed by atoms with E-state index < -0.39 is 0 Å². The number of carbonyl (C=O) groups excluding carboxylic acids is 1. The Morgan fingerprint density at radius 1 is 1.56 bits per heavy atom. The highest BCUT2D eigenvalue weighted by atomic mass is 32.2. The van der Waals surface area contributed by atoms with Crippen molar-refractivity contribution in [3.63, 3.8) is 0 Å². The summed E-state index contributed by atoms with van der Waals surface area (Å²) < 4.78 is 3.45. The van der Waals surface area contributed by atoms with Crippen LogP contribution in [0.1, 0.15) is 13.3 Å². The van der Waals surface area contributed by atoms with Crippen LogP contribution in [0.5, 0.6) is 0 Å². The monoisotopic (exact) mass is 260 g/mol. The van der Waals surface area contributed by atoms with Crippen LogP contribution in [0.3, 0.4) is 0 Å². The normalized spacial score (nSPS) is 10.5. The Labute approximate surface area is 104 Å². The predicted molar refractivity (Wildman–Crippen MR) is 67.5 cm³/mol. The van der Waals surface area contributed by atoms with Crippen LogP contribution in [0.15, 0.2) is 5.16 Å². The van der Waals surface area contributed by atoms with Gasteiger partial charge in [0.1, 0.15) is 0 Å². The summed E-state index contributed by atoms with van der Waals surface area (Å²) in [5.74, 6) is 0.968. The Morgan fingerprint density at radius 3 is 2.69 bits per heavy atom. The van der Waals surface area contributed by atoms with Crippen molar-refractivity contribution in [2.75, 3.05) is 19.8 Å². The van der Waals surface area contributed by atoms with Gasteiger partial charge in [-0.25, -0.2) is 4.79 Å². The Kier molecular flexibility index (Phi) is 4.55. The average Bonchev–Trinajstić information content (AvgIpc) is 2.52. The van der Waals surface area contributed by atoms with Gasteiger partial charge in [0.25, 0.3) is 0 Å². The van der Waals surface area contributed by atoms with Gasteiger partial charge in [-0.05, 0) is 18.6 Å². The molecule has 1 rings (SSSR count). The number of nitrogens with zero attached hydrogens (tertiary/aromatic N) is 4. The summed E-state index contributed by atoms with van der Waals surface area (Å²) in [5, 5.41) is 4.99. The van der Waals surface area contributed by atoms with Crippen LogP contribution < -0.4 is 0 Å². The summed E-state index contributed by atoms with van der Waals surface area (Å²) in [7, 11) is 5.18. The molecule has 1 heterocycles. The molecular formula is C9H16N4OS2. The second-order valence-electron chi connectivity index (χ2n) is 3.56. The largest absolute Gasteiger partial charge is 0.346 e. The second kappa shape index (κ2) is 5.49. The highest BCUT2D eigenvalue weighted by Gasteiger charge is 2.14. The Hall–Kier alpha value is -0.820. The van der Waals surface area contributed by atoms with Crippen molar-refractivity contribution in [3.05, 3.63) is 4.77 Å². The molecule has 1 aromatic rings. The minimum absolute atomic E-state index is 0.219. The molecule has 0 fully saturated rings. The summed E-state index contributed by atoms with van der Waals surface area (Å²) >= 11 is 6.77. The lowest BCUT2D eigenvalue weighted by Gasteiger charge is -2.08. The molecule has 16 heavy (non-hydrogen) atoms. The van der Waals surface area contributed by atoms with E-state index in [9.17, 15) is 4.79 Å². The SMILES string of the molecule is CCCSc1nn(C(=O)N(C)C)c(=S)n1C. The molecule has 0 saturated heterocycles. The molecule has 0 aliphatic carbocycles. The van der Waals surface area contributed by atoms with Crippen LogP contribution in [-0.2, 0) is 7.05 Å². The lowest BCUT2D eigenvalue weighted by atomic mass is 10.6. The maximum atomic E-state index is 11.7. The van der Waals surface area contributed by atoms with Gasteiger partial charge in [0, 0.05) is 26.9 Å². The van der Waals surface area contributed by atoms with Crippen LogP contribution in [-0.4, -0.2) is 45.1 Å². The third-order valence-electron chi connectivity index (χ3n) is 1.94. The number of aromatic nitrogens is 3. The van der Waals surface area contributed by atoms with E-state index in [0.717, 1.165) is 17.3 Å². The molecule has 0 bridgehead atoms. The number of carbonyl (C=O) groups is 1. The first kappa shape index (κ1) is 13.2. The average molecular weight is 260 g/mol. The highest BCUT2D eigenvalue weighted by molar-refractivity contribution is 7.99. The van der Waals surface area contributed by atoms with E-state index >= 15 is 0 Å². The lowest BCUT2D eigenvalue weighted by Crippen LogP contribution is -2.28. The zero-order valence-electron chi connectivity index (χ0n) is 9.93. The van der Waals surface area contributed by atoms with E-state index in [4.69, 9.17) is 12.2 Å². The van der Waals surface area contributed by atoms with Crippen molar-refractivity contribution in [3.8, 4) is 0 Å². The molecule has 1 amide bonds. The minimum Gasteiger partial charge on any atom is -0.329 e. The molecule has 0 saturated carbocycles. The van der Waals surface area contributed by atoms with Gasteiger partial charge in [-0.3, -0.25) is 4.57 Å². The Balaban J connectivity index is 3.05. The van der Waals surface area contributed by atoms with Gasteiger partial charge >= 0.3 is 6.03 Å². The van der Waals surface area contributed by atoms with Crippen LogP contribution in [0.25, 0.3) is 0 Å². The van der Waals surface area contributed by atoms with Crippen molar-refractivity contribution in [1.82, 2.24) is 19.2 Å². The molecule has 90 valence electrons. The second-order valence-corrected chi connectivity index (χ2v) is 4.99. The predicted octanol–water partition coefficient (Wildman–Crippen LogP) is 1.98. The first-order valence-electron chi connectivity index (χ1n) is 4.99. The van der Waals surface area contributed by atoms with E-state index in [-0.39, 0.29) is 6.03 Å². The number of rotatable bonds is 3. The van der Waals surface area contributed by atoms with Crippen molar-refractivity contribution in [2.24, 2.45) is 7.05 Å². The molecule has 0 radical (unpaired) electrons. The summed E-state index contributed by atoms with van der Waals surface area (Å²) in [5.41, 5.74) is 0. The Bertz CT molecular complexity index is 435. The van der Waals surface area contributed by atoms with Crippen molar-refractivity contribution >= 4 is 30.0 Å². The maximum Gasteiger partial charge on any atom is 0.346 e. The highest BCUT2D eigenvalue weighted by Crippen LogP contribution is 2.16. The summed E-state index contributed by atoms with van der Waals surface area (Å²) in [6, 6.07) is -0.219. The van der Waals surface area contributed by atoms with Crippen molar-refractivity contribution in [2.45, 2.75) is 18.5 Å². The van der Waals surface area contributed by atoms with E-state index in [1.807, 2.05) is 7.05 Å². The number of thioether (sulfide) groups is 1. The molecule has 0 unspecified atom stereocenters. The first-order chi connectivity index (χ1) is 7.49. The van der Waals surface area contributed by atoms with Gasteiger partial charge in [0.15, 0.2) is 5.16 Å². The van der Waals surface area contributed by atoms with E-state index in [1.165, 1.54) is 9.58 Å². The lowest BCUT2D eigenvalue weighted by molar-refractivity contribution is 0.215. The van der Waals surface area contributed by atoms with Gasteiger partial charge in [-0.1, -0.05) is 18.7 Å². The standard InChI is InChI=1S/C9H16N4OS2/c1-5-6-16-7-10-13(8(14)11(2)3)9(15)12(7)4/h5-6H2,1-4H3. The van der Waals surface area contributed by atoms with Gasteiger partial charge in [-0.15, -0.1) is 5.10 Å². The fourth-order valence-electron chi connectivity index (χ4n) is 1.05. The number of hydrogen-bond acceptors (Lipinski definition) is 4. The molecule has 0 N–H and O–H groups in total. The van der Waals surface area contributed by atoms with Gasteiger partial charge in [0.2, 0.25) is 4.77 Å². The van der Waals surface area contributed by atoms with E-state index in [2.05, 4.69) is 12.0 Å². The topological polar surface area (TPSA) is 43.1 Å². The van der Waals surface area contributed by atoms with Crippen LogP contribution >= 0.6 is 24.0 Å². The third kappa shape index (κ3) is 2.65. The third-order valence-corrected chi connectivity index (χ3v) is 3.61. The van der Waals surface area contributed by atoms with Gasteiger partial charge in [0.05, 0.1) is 0 Å². The fraction of sp³-hybridized carbons (Fsp3) is 0.667. The zero-order chi connectivity index (χ0) is 12.3. The smallest absolute Gasteiger partial charge is 0.329 e. The molecule has 0 aliphatic rings. The van der Waals surface area contributed by atoms with Crippen molar-refractivity contribution < 1.29 is 4.79 Å². The molecule has 0 aromatic carbocycles. The summed E-state index contributed by atoms with van der Waals surface area (Å²) in [6.45, 7) is 2.10. The molecule has 7 heteroatoms. The van der Waals surface area contributed by atoms with E-state index in [1.54, 1.807) is 30.4 Å². The van der Waals surface area contributed by atoms with Crippen molar-refractivity contribution in [1.29, 1.82) is 0 Å². The maximum absolute atomic E-state index is 11.7. The molecule has 0 aliphatic heterocycles. The van der Waals surface area contributed by atoms with Crippen LogP contribution in [0.2, 0.25) is 0 Å². The van der Waals surface area contributed by atoms with Crippen LogP contribution in [0, 0.1) is 4.77 Å². The summed E-state index contributed by atoms with van der Waals surface area (Å²) in [4.78, 5) is 13.2. The van der Waals surface area contributed by atoms with E-state index in [0.29, 0.717) is 4.77 Å². The summed E-state index contributed by atoms with van der Waals surface area (Å²) in [6.07, 6.45) is 1.06. The minimum atomic E-state index is -0.219. The fourth-order valence-corrected chi connectivity index (χ4v) is 2.12. The Morgan fingerprint density at radius 2 is 2.19 bits per heavy atom. The molecular weight excluding hydrogens is 244 g/mol. The van der Waals surface area contributed by atoms with Crippen LogP contribution in [0.4, 0.5) is 4.79 Å². The molecule has 0 atom stereocenters.